The number of rotatable bonds is 4. The Morgan fingerprint density at radius 1 is 1.19 bits per heavy atom. The summed E-state index contributed by atoms with van der Waals surface area (Å²) in [5, 5.41) is 3.60. The first-order chi connectivity index (χ1) is 9.92. The molecule has 1 atom stereocenters. The van der Waals surface area contributed by atoms with E-state index in [1.807, 2.05) is 13.0 Å². The lowest BCUT2D eigenvalue weighted by Gasteiger charge is -2.21. The maximum absolute atomic E-state index is 14.3. The van der Waals surface area contributed by atoms with Crippen LogP contribution in [-0.2, 0) is 0 Å². The summed E-state index contributed by atoms with van der Waals surface area (Å²) in [6.07, 6.45) is 0. The summed E-state index contributed by atoms with van der Waals surface area (Å²) in [6.45, 7) is 4.34. The van der Waals surface area contributed by atoms with Crippen molar-refractivity contribution in [1.82, 2.24) is 5.32 Å². The van der Waals surface area contributed by atoms with Crippen LogP contribution in [0.4, 0.5) is 8.78 Å². The maximum atomic E-state index is 14.3. The van der Waals surface area contributed by atoms with Gasteiger partial charge in [0.15, 0.2) is 0 Å². The first-order valence-electron chi connectivity index (χ1n) is 6.57. The van der Waals surface area contributed by atoms with E-state index in [4.69, 9.17) is 11.6 Å². The molecule has 2 rings (SSSR count). The van der Waals surface area contributed by atoms with Gasteiger partial charge in [0.2, 0.25) is 0 Å². The van der Waals surface area contributed by atoms with E-state index in [0.717, 1.165) is 5.56 Å². The fraction of sp³-hybridized carbons (Fsp3) is 0.250. The van der Waals surface area contributed by atoms with Crippen LogP contribution in [0.15, 0.2) is 34.8 Å². The molecule has 0 aliphatic heterocycles. The molecule has 0 fully saturated rings. The van der Waals surface area contributed by atoms with E-state index in [-0.39, 0.29) is 11.6 Å². The van der Waals surface area contributed by atoms with E-state index in [2.05, 4.69) is 21.2 Å². The predicted molar refractivity (Wildman–Crippen MR) is 85.8 cm³/mol. The number of aryl methyl sites for hydroxylation is 1. The van der Waals surface area contributed by atoms with Gasteiger partial charge in [-0.05, 0) is 64.8 Å². The van der Waals surface area contributed by atoms with Gasteiger partial charge in [0.05, 0.1) is 11.1 Å². The summed E-state index contributed by atoms with van der Waals surface area (Å²) in [5.74, 6) is -0.726. The number of hydrogen-bond acceptors (Lipinski definition) is 1. The summed E-state index contributed by atoms with van der Waals surface area (Å²) in [4.78, 5) is 0. The smallest absolute Gasteiger partial charge is 0.129 e. The average Bonchev–Trinajstić information content (AvgIpc) is 2.39. The summed E-state index contributed by atoms with van der Waals surface area (Å²) in [5.41, 5.74) is 1.86. The molecule has 1 unspecified atom stereocenters. The van der Waals surface area contributed by atoms with Crippen molar-refractivity contribution in [1.29, 1.82) is 0 Å². The highest BCUT2D eigenvalue weighted by atomic mass is 79.9. The second-order valence-corrected chi connectivity index (χ2v) is 6.10. The fourth-order valence-corrected chi connectivity index (χ4v) is 2.79. The fourth-order valence-electron chi connectivity index (χ4n) is 2.30. The lowest BCUT2D eigenvalue weighted by Crippen LogP contribution is -2.23. The number of nitrogens with one attached hydrogen (secondary N) is 1. The maximum Gasteiger partial charge on any atom is 0.129 e. The molecule has 2 aromatic carbocycles. The molecule has 0 saturated carbocycles. The Bertz CT molecular complexity index is 641. The SMILES string of the molecule is CCNC(c1cc(C)cc(F)c1)c1cc(Cl)c(Br)cc1F. The molecule has 0 aromatic heterocycles. The van der Waals surface area contributed by atoms with Crippen LogP contribution in [0.5, 0.6) is 0 Å². The lowest BCUT2D eigenvalue weighted by molar-refractivity contribution is 0.553. The molecule has 0 aliphatic carbocycles. The van der Waals surface area contributed by atoms with Crippen LogP contribution in [0, 0.1) is 18.6 Å². The van der Waals surface area contributed by atoms with Crippen LogP contribution in [0.1, 0.15) is 29.7 Å². The Hall–Kier alpha value is -0.970. The van der Waals surface area contributed by atoms with Gasteiger partial charge in [0.1, 0.15) is 11.6 Å². The Balaban J connectivity index is 2.55. The second-order valence-electron chi connectivity index (χ2n) is 4.84. The molecule has 0 saturated heterocycles. The standard InChI is InChI=1S/C16H15BrClF2N/c1-3-21-16(10-4-9(2)5-11(19)6-10)12-7-14(18)13(17)8-15(12)20/h4-8,16,21H,3H2,1-2H3. The quantitative estimate of drug-likeness (QED) is 0.708. The van der Waals surface area contributed by atoms with Gasteiger partial charge in [-0.15, -0.1) is 0 Å². The summed E-state index contributed by atoms with van der Waals surface area (Å²) in [6, 6.07) is 7.14. The van der Waals surface area contributed by atoms with Gasteiger partial charge in [-0.25, -0.2) is 8.78 Å². The minimum absolute atomic E-state index is 0.337. The number of hydrogen-bond donors (Lipinski definition) is 1. The molecular weight excluding hydrogens is 360 g/mol. The summed E-state index contributed by atoms with van der Waals surface area (Å²) < 4.78 is 28.4. The van der Waals surface area contributed by atoms with Gasteiger partial charge in [-0.3, -0.25) is 0 Å². The van der Waals surface area contributed by atoms with Crippen molar-refractivity contribution in [2.45, 2.75) is 19.9 Å². The van der Waals surface area contributed by atoms with Crippen LogP contribution in [0.2, 0.25) is 5.02 Å². The zero-order valence-electron chi connectivity index (χ0n) is 11.7. The molecule has 2 aromatic rings. The van der Waals surface area contributed by atoms with Gasteiger partial charge < -0.3 is 5.32 Å². The van der Waals surface area contributed by atoms with Crippen LogP contribution < -0.4 is 5.32 Å². The molecule has 0 bridgehead atoms. The van der Waals surface area contributed by atoms with Crippen LogP contribution in [0.25, 0.3) is 0 Å². The molecule has 0 radical (unpaired) electrons. The minimum Gasteiger partial charge on any atom is -0.306 e. The van der Waals surface area contributed by atoms with Crippen molar-refractivity contribution in [3.8, 4) is 0 Å². The monoisotopic (exact) mass is 373 g/mol. The normalized spacial score (nSPS) is 12.5. The lowest BCUT2D eigenvalue weighted by atomic mass is 9.96. The molecule has 0 amide bonds. The number of halogens is 4. The molecule has 1 N–H and O–H groups in total. The highest BCUT2D eigenvalue weighted by molar-refractivity contribution is 9.10. The third-order valence-electron chi connectivity index (χ3n) is 3.16. The molecule has 0 spiro atoms. The van der Waals surface area contributed by atoms with Crippen LogP contribution >= 0.6 is 27.5 Å². The topological polar surface area (TPSA) is 12.0 Å². The third-order valence-corrected chi connectivity index (χ3v) is 4.35. The molecule has 5 heteroatoms. The van der Waals surface area contributed by atoms with Gasteiger partial charge in [-0.2, -0.15) is 0 Å². The highest BCUT2D eigenvalue weighted by Crippen LogP contribution is 2.32. The minimum atomic E-state index is -0.449. The predicted octanol–water partition coefficient (Wildman–Crippen LogP) is 5.39. The van der Waals surface area contributed by atoms with E-state index in [1.165, 1.54) is 18.2 Å². The largest absolute Gasteiger partial charge is 0.306 e. The van der Waals surface area contributed by atoms with Crippen molar-refractivity contribution < 1.29 is 8.78 Å². The highest BCUT2D eigenvalue weighted by Gasteiger charge is 2.19. The third kappa shape index (κ3) is 3.82. The van der Waals surface area contributed by atoms with Crippen molar-refractivity contribution in [2.75, 3.05) is 6.54 Å². The molecule has 21 heavy (non-hydrogen) atoms. The first kappa shape index (κ1) is 16.4. The van der Waals surface area contributed by atoms with Crippen LogP contribution in [-0.4, -0.2) is 6.54 Å². The molecular formula is C16H15BrClF2N. The van der Waals surface area contributed by atoms with Gasteiger partial charge >= 0.3 is 0 Å². The van der Waals surface area contributed by atoms with Crippen molar-refractivity contribution in [2.24, 2.45) is 0 Å². The first-order valence-corrected chi connectivity index (χ1v) is 7.74. The van der Waals surface area contributed by atoms with Crippen molar-refractivity contribution >= 4 is 27.5 Å². The van der Waals surface area contributed by atoms with E-state index < -0.39 is 6.04 Å². The van der Waals surface area contributed by atoms with Gasteiger partial charge in [-0.1, -0.05) is 24.6 Å². The molecule has 1 nitrogen and oxygen atoms in total. The summed E-state index contributed by atoms with van der Waals surface area (Å²) >= 11 is 9.26. The average molecular weight is 375 g/mol. The Morgan fingerprint density at radius 2 is 1.90 bits per heavy atom. The molecule has 0 heterocycles. The van der Waals surface area contributed by atoms with Crippen molar-refractivity contribution in [3.63, 3.8) is 0 Å². The molecule has 112 valence electrons. The van der Waals surface area contributed by atoms with Gasteiger partial charge in [0.25, 0.3) is 0 Å². The Labute approximate surface area is 136 Å². The van der Waals surface area contributed by atoms with Gasteiger partial charge in [0, 0.05) is 10.0 Å². The zero-order chi connectivity index (χ0) is 15.6. The zero-order valence-corrected chi connectivity index (χ0v) is 14.0. The van der Waals surface area contributed by atoms with E-state index in [9.17, 15) is 8.78 Å². The summed E-state index contributed by atoms with van der Waals surface area (Å²) in [7, 11) is 0. The van der Waals surface area contributed by atoms with E-state index >= 15 is 0 Å². The van der Waals surface area contributed by atoms with Crippen molar-refractivity contribution in [3.05, 3.63) is 68.2 Å². The Kier molecular flexibility index (Phi) is 5.36. The second kappa shape index (κ2) is 6.86. The molecule has 0 aliphatic rings. The van der Waals surface area contributed by atoms with E-state index in [0.29, 0.717) is 27.2 Å². The Morgan fingerprint density at radius 3 is 2.52 bits per heavy atom. The van der Waals surface area contributed by atoms with E-state index in [1.54, 1.807) is 13.0 Å². The van der Waals surface area contributed by atoms with Crippen LogP contribution in [0.3, 0.4) is 0 Å². The number of benzene rings is 2.